The molecule has 0 aliphatic carbocycles. The number of hydrogen-bond donors (Lipinski definition) is 2. The summed E-state index contributed by atoms with van der Waals surface area (Å²) in [5.74, 6) is -4.01. The Kier molecular flexibility index (Phi) is 7.80. The van der Waals surface area contributed by atoms with Gasteiger partial charge in [0.05, 0.1) is 26.1 Å². The van der Waals surface area contributed by atoms with E-state index >= 15 is 0 Å². The van der Waals surface area contributed by atoms with Gasteiger partial charge >= 0.3 is 29.9 Å². The molecular weight excluding hydrogens is 552 g/mol. The molecule has 42 heavy (non-hydrogen) atoms. The molecule has 0 aromatic carbocycles. The minimum Gasteiger partial charge on any atom is -0.477 e. The van der Waals surface area contributed by atoms with Gasteiger partial charge in [0.15, 0.2) is 19.6 Å². The monoisotopic (exact) mass is 597 g/mol. The summed E-state index contributed by atoms with van der Waals surface area (Å²) in [7, 11) is 3.42. The normalized spacial score (nSPS) is 39.8. The van der Waals surface area contributed by atoms with E-state index in [1.807, 2.05) is 11.8 Å². The van der Waals surface area contributed by atoms with E-state index in [4.69, 9.17) is 14.2 Å². The van der Waals surface area contributed by atoms with Crippen molar-refractivity contribution in [3.63, 3.8) is 0 Å². The van der Waals surface area contributed by atoms with Crippen LogP contribution in [0.5, 0.6) is 0 Å². The zero-order valence-electron chi connectivity index (χ0n) is 25.1. The molecule has 0 aromatic heterocycles. The summed E-state index contributed by atoms with van der Waals surface area (Å²) >= 11 is 0. The lowest BCUT2D eigenvalue weighted by Crippen LogP contribution is -2.92. The van der Waals surface area contributed by atoms with Crippen LogP contribution in [0.3, 0.4) is 0 Å². The van der Waals surface area contributed by atoms with Gasteiger partial charge in [0, 0.05) is 20.5 Å². The molecule has 1 amide bonds. The van der Waals surface area contributed by atoms with E-state index in [1.165, 1.54) is 0 Å². The Labute approximate surface area is 245 Å². The molecule has 0 aromatic rings. The number of aliphatic carboxylic acids is 1. The summed E-state index contributed by atoms with van der Waals surface area (Å²) in [6, 6.07) is -0.749. The highest BCUT2D eigenvalue weighted by Gasteiger charge is 2.88. The number of carbonyl (C=O) groups is 5. The molecule has 5 fully saturated rings. The number of quaternary nitrogens is 3. The fourth-order valence-electron chi connectivity index (χ4n) is 8.41. The molecular formula is C27H45N6O9+3. The average molecular weight is 598 g/mol. The van der Waals surface area contributed by atoms with E-state index in [0.29, 0.717) is 52.1 Å². The smallest absolute Gasteiger partial charge is 0.460 e. The first-order chi connectivity index (χ1) is 19.8. The van der Waals surface area contributed by atoms with Crippen molar-refractivity contribution in [1.82, 2.24) is 15.3 Å². The number of morpholine rings is 1. The fourth-order valence-corrected chi connectivity index (χ4v) is 8.41. The molecule has 6 unspecified atom stereocenters. The third-order valence-electron chi connectivity index (χ3n) is 10.3. The number of ether oxygens (including phenoxy) is 3. The first kappa shape index (κ1) is 30.6. The van der Waals surface area contributed by atoms with Crippen molar-refractivity contribution in [2.45, 2.75) is 57.1 Å². The Morgan fingerprint density at radius 2 is 1.83 bits per heavy atom. The quantitative estimate of drug-likeness (QED) is 0.144. The highest BCUT2D eigenvalue weighted by Crippen LogP contribution is 2.58. The Bertz CT molecular complexity index is 1170. The average Bonchev–Trinajstić information content (AvgIpc) is 3.37. The number of carboxylic acid groups (broad SMARTS) is 1. The molecule has 5 heterocycles. The topological polar surface area (TPSA) is 152 Å². The van der Waals surface area contributed by atoms with Crippen molar-refractivity contribution in [2.24, 2.45) is 0 Å². The molecule has 0 saturated carbocycles. The number of cyclic esters (lactones) is 2. The van der Waals surface area contributed by atoms with Gasteiger partial charge in [-0.3, -0.25) is 14.7 Å². The molecule has 5 saturated heterocycles. The minimum atomic E-state index is -1.42. The summed E-state index contributed by atoms with van der Waals surface area (Å²) in [6.07, 6.45) is 1.59. The number of carbonyl (C=O) groups excluding carboxylic acids is 4. The van der Waals surface area contributed by atoms with E-state index in [1.54, 1.807) is 19.1 Å². The molecule has 234 valence electrons. The molecule has 0 radical (unpaired) electrons. The van der Waals surface area contributed by atoms with Gasteiger partial charge in [-0.15, -0.1) is 4.90 Å². The number of hydrogen-bond acceptors (Lipinski definition) is 10. The number of rotatable bonds is 8. The van der Waals surface area contributed by atoms with Crippen LogP contribution < -0.4 is 5.43 Å². The van der Waals surface area contributed by atoms with Crippen LogP contribution in [0.1, 0.15) is 39.5 Å². The van der Waals surface area contributed by atoms with Gasteiger partial charge in [-0.2, -0.15) is 0 Å². The molecule has 5 aliphatic heterocycles. The Hall–Kier alpha value is -2.85. The molecule has 6 atom stereocenters. The Morgan fingerprint density at radius 1 is 1.10 bits per heavy atom. The molecule has 5 rings (SSSR count). The second-order valence-corrected chi connectivity index (χ2v) is 13.2. The fraction of sp³-hybridized carbons (Fsp3) is 0.815. The van der Waals surface area contributed by atoms with Crippen LogP contribution in [0, 0.1) is 0 Å². The van der Waals surface area contributed by atoms with Crippen molar-refractivity contribution in [2.75, 3.05) is 86.3 Å². The van der Waals surface area contributed by atoms with Crippen LogP contribution in [0.4, 0.5) is 0 Å². The number of carboxylic acids is 1. The largest absolute Gasteiger partial charge is 0.477 e. The first-order valence-corrected chi connectivity index (χ1v) is 14.8. The minimum absolute atomic E-state index is 0.0180. The van der Waals surface area contributed by atoms with Crippen molar-refractivity contribution in [1.29, 1.82) is 0 Å². The number of nitrogens with one attached hydrogen (secondary N) is 1. The van der Waals surface area contributed by atoms with Gasteiger partial charge in [0.1, 0.15) is 37.8 Å². The van der Waals surface area contributed by atoms with E-state index in [2.05, 4.69) is 12.3 Å². The third-order valence-corrected chi connectivity index (χ3v) is 10.3. The number of esters is 3. The van der Waals surface area contributed by atoms with Gasteiger partial charge in [0.25, 0.3) is 0 Å². The van der Waals surface area contributed by atoms with E-state index in [-0.39, 0.29) is 65.2 Å². The maximum Gasteiger partial charge on any atom is 0.460 e. The van der Waals surface area contributed by atoms with Gasteiger partial charge in [-0.1, -0.05) is 6.92 Å². The van der Waals surface area contributed by atoms with Crippen LogP contribution in [0.25, 0.3) is 0 Å². The van der Waals surface area contributed by atoms with E-state index < -0.39 is 41.4 Å². The van der Waals surface area contributed by atoms with Crippen LogP contribution in [0.15, 0.2) is 0 Å². The maximum absolute atomic E-state index is 13.8. The van der Waals surface area contributed by atoms with Crippen LogP contribution >= 0.6 is 0 Å². The predicted octanol–water partition coefficient (Wildman–Crippen LogP) is -1.61. The molecule has 15 nitrogen and oxygen atoms in total. The highest BCUT2D eigenvalue weighted by molar-refractivity contribution is 5.81. The Morgan fingerprint density at radius 3 is 2.52 bits per heavy atom. The van der Waals surface area contributed by atoms with Gasteiger partial charge in [-0.05, 0) is 19.8 Å². The van der Waals surface area contributed by atoms with Crippen LogP contribution in [-0.4, -0.2) is 162 Å². The second-order valence-electron chi connectivity index (χ2n) is 13.2. The lowest BCUT2D eigenvalue weighted by atomic mass is 9.86. The van der Waals surface area contributed by atoms with Crippen molar-refractivity contribution in [3.05, 3.63) is 0 Å². The molecule has 3 spiro atoms. The molecule has 2 N–H and O–H groups in total. The van der Waals surface area contributed by atoms with Crippen LogP contribution in [-0.2, 0) is 38.2 Å². The summed E-state index contributed by atoms with van der Waals surface area (Å²) in [6.45, 7) is 6.44. The maximum atomic E-state index is 13.8. The SMILES string of the molecule is CCC[N+]1(CC(=O)O)CC[N+]2(CCC3(C)COC(=O)C[N+]34CCN3C(CCC(=O)NN(C)C)C(=O)OC324)CC(=O)OC1. The standard InChI is InChI=1S/C27H43N6O9/c1-5-10-31(15-22(35)36)13-14-32(16-23(37)41-19-31)11-8-26(2)18-40-24(38)17-33(26)12-9-30-20(25(39)42-27(30,32)33)6-7-21(34)28-29(3)4/h20H,5-19H2,1-4H3/q+1/p+2. The molecule has 15 heteroatoms. The van der Waals surface area contributed by atoms with Gasteiger partial charge in [0.2, 0.25) is 12.6 Å². The lowest BCUT2D eigenvalue weighted by Gasteiger charge is -2.64. The molecule has 0 bridgehead atoms. The summed E-state index contributed by atoms with van der Waals surface area (Å²) < 4.78 is 18.1. The van der Waals surface area contributed by atoms with Crippen molar-refractivity contribution >= 4 is 29.8 Å². The van der Waals surface area contributed by atoms with Gasteiger partial charge < -0.3 is 19.3 Å². The third kappa shape index (κ3) is 4.56. The predicted molar refractivity (Wildman–Crippen MR) is 143 cm³/mol. The summed E-state index contributed by atoms with van der Waals surface area (Å²) in [5, 5.41) is 11.3. The van der Waals surface area contributed by atoms with Crippen molar-refractivity contribution < 1.29 is 56.7 Å². The van der Waals surface area contributed by atoms with Crippen LogP contribution in [0.2, 0.25) is 0 Å². The number of nitrogens with zero attached hydrogens (tertiary/aromatic N) is 5. The summed E-state index contributed by atoms with van der Waals surface area (Å²) in [4.78, 5) is 66.9. The summed E-state index contributed by atoms with van der Waals surface area (Å²) in [5.41, 5.74) is 2.13. The first-order valence-electron chi connectivity index (χ1n) is 14.8. The zero-order chi connectivity index (χ0) is 30.6. The highest BCUT2D eigenvalue weighted by atomic mass is 16.6. The molecule has 5 aliphatic rings. The second kappa shape index (κ2) is 10.7. The number of amides is 1. The zero-order valence-corrected chi connectivity index (χ0v) is 25.1. The van der Waals surface area contributed by atoms with E-state index in [9.17, 15) is 29.1 Å². The Balaban J connectivity index is 1.61. The van der Waals surface area contributed by atoms with Crippen molar-refractivity contribution in [3.8, 4) is 0 Å². The van der Waals surface area contributed by atoms with Gasteiger partial charge in [-0.25, -0.2) is 33.2 Å². The lowest BCUT2D eigenvalue weighted by molar-refractivity contribution is -1.23. The number of hydrazine groups is 1. The van der Waals surface area contributed by atoms with E-state index in [0.717, 1.165) is 0 Å².